The standard InChI is InChI=1S/C9H17O2/c1-4-5-6-8(7(2)3)9(10)11/h7-8H,4-6H2,1-3H3. The summed E-state index contributed by atoms with van der Waals surface area (Å²) >= 11 is 0. The van der Waals surface area contributed by atoms with Crippen LogP contribution in [-0.2, 0) is 9.90 Å². The van der Waals surface area contributed by atoms with Crippen LogP contribution in [-0.4, -0.2) is 5.97 Å². The first kappa shape index (κ1) is 10.5. The van der Waals surface area contributed by atoms with Crippen LogP contribution in [0.5, 0.6) is 0 Å². The first-order valence-electron chi connectivity index (χ1n) is 4.30. The summed E-state index contributed by atoms with van der Waals surface area (Å²) in [6.07, 6.45) is 2.80. The molecular formula is C9H17O2. The fraction of sp³-hybridized carbons (Fsp3) is 0.889. The fourth-order valence-corrected chi connectivity index (χ4v) is 1.15. The van der Waals surface area contributed by atoms with Crippen molar-refractivity contribution < 1.29 is 9.90 Å². The molecule has 0 aliphatic heterocycles. The van der Waals surface area contributed by atoms with Gasteiger partial charge in [-0.05, 0) is 12.3 Å². The highest BCUT2D eigenvalue weighted by Crippen LogP contribution is 2.18. The first-order chi connectivity index (χ1) is 5.09. The van der Waals surface area contributed by atoms with E-state index < -0.39 is 5.97 Å². The van der Waals surface area contributed by atoms with Crippen LogP contribution in [0.25, 0.3) is 0 Å². The molecule has 1 atom stereocenters. The quantitative estimate of drug-likeness (QED) is 0.603. The zero-order valence-electron chi connectivity index (χ0n) is 7.59. The van der Waals surface area contributed by atoms with Crippen LogP contribution in [0.15, 0.2) is 0 Å². The smallest absolute Gasteiger partial charge is 0.247 e. The van der Waals surface area contributed by atoms with Crippen molar-refractivity contribution >= 4 is 5.97 Å². The maximum Gasteiger partial charge on any atom is 0.358 e. The Morgan fingerprint density at radius 3 is 2.18 bits per heavy atom. The monoisotopic (exact) mass is 157 g/mol. The Hall–Kier alpha value is -0.530. The van der Waals surface area contributed by atoms with Crippen LogP contribution in [0.4, 0.5) is 0 Å². The molecule has 0 N–H and O–H groups in total. The molecule has 0 aromatic heterocycles. The van der Waals surface area contributed by atoms with Crippen LogP contribution in [0.2, 0.25) is 0 Å². The zero-order chi connectivity index (χ0) is 8.85. The average Bonchev–Trinajstić information content (AvgIpc) is 1.87. The lowest BCUT2D eigenvalue weighted by molar-refractivity contribution is -0.150. The molecule has 0 amide bonds. The Kier molecular flexibility index (Phi) is 4.92. The van der Waals surface area contributed by atoms with E-state index >= 15 is 0 Å². The van der Waals surface area contributed by atoms with Gasteiger partial charge in [0.2, 0.25) is 0 Å². The van der Waals surface area contributed by atoms with Gasteiger partial charge < -0.3 is 0 Å². The Labute approximate surface area is 68.6 Å². The molecule has 2 heteroatoms. The van der Waals surface area contributed by atoms with Gasteiger partial charge in [-0.3, -0.25) is 0 Å². The lowest BCUT2D eigenvalue weighted by Gasteiger charge is -2.13. The number of hydrogen-bond donors (Lipinski definition) is 0. The Bertz CT molecular complexity index is 119. The molecule has 0 fully saturated rings. The Balaban J connectivity index is 3.80. The van der Waals surface area contributed by atoms with E-state index in [1.807, 2.05) is 13.8 Å². The lowest BCUT2D eigenvalue weighted by atomic mass is 9.91. The summed E-state index contributed by atoms with van der Waals surface area (Å²) in [4.78, 5) is 10.5. The SMILES string of the molecule is CCCCC(C([O])=O)C(C)C. The average molecular weight is 157 g/mol. The van der Waals surface area contributed by atoms with Gasteiger partial charge in [0.1, 0.15) is 0 Å². The van der Waals surface area contributed by atoms with E-state index in [9.17, 15) is 9.90 Å². The first-order valence-corrected chi connectivity index (χ1v) is 4.30. The van der Waals surface area contributed by atoms with Gasteiger partial charge in [-0.15, -0.1) is 0 Å². The van der Waals surface area contributed by atoms with Crippen molar-refractivity contribution in [3.63, 3.8) is 0 Å². The normalized spacial score (nSPS) is 13.5. The molecule has 0 aromatic rings. The molecule has 0 aliphatic rings. The van der Waals surface area contributed by atoms with Gasteiger partial charge in [-0.1, -0.05) is 33.6 Å². The molecule has 0 aromatic carbocycles. The highest BCUT2D eigenvalue weighted by Gasteiger charge is 2.21. The Morgan fingerprint density at radius 2 is 1.91 bits per heavy atom. The largest absolute Gasteiger partial charge is 0.358 e. The minimum Gasteiger partial charge on any atom is -0.247 e. The molecule has 1 unspecified atom stereocenters. The molecule has 0 heterocycles. The summed E-state index contributed by atoms with van der Waals surface area (Å²) in [7, 11) is 0. The van der Waals surface area contributed by atoms with E-state index in [0.717, 1.165) is 19.3 Å². The molecule has 0 spiro atoms. The number of carbonyl (C=O) groups excluding carboxylic acids is 1. The number of hydrogen-bond acceptors (Lipinski definition) is 1. The van der Waals surface area contributed by atoms with Gasteiger partial charge in [-0.2, -0.15) is 0 Å². The molecule has 0 bridgehead atoms. The molecule has 0 saturated heterocycles. The maximum absolute atomic E-state index is 10.5. The molecule has 11 heavy (non-hydrogen) atoms. The van der Waals surface area contributed by atoms with Crippen LogP contribution in [0, 0.1) is 11.8 Å². The third-order valence-corrected chi connectivity index (χ3v) is 1.98. The van der Waals surface area contributed by atoms with Gasteiger partial charge in [0.05, 0.1) is 5.92 Å². The van der Waals surface area contributed by atoms with E-state index in [2.05, 4.69) is 6.92 Å². The molecule has 0 saturated carbocycles. The Morgan fingerprint density at radius 1 is 1.36 bits per heavy atom. The van der Waals surface area contributed by atoms with Crippen molar-refractivity contribution in [2.24, 2.45) is 11.8 Å². The van der Waals surface area contributed by atoms with Gasteiger partial charge in [0.15, 0.2) is 0 Å². The van der Waals surface area contributed by atoms with Crippen molar-refractivity contribution in [1.82, 2.24) is 0 Å². The summed E-state index contributed by atoms with van der Waals surface area (Å²) in [6, 6.07) is 0. The van der Waals surface area contributed by atoms with Gasteiger partial charge in [0, 0.05) is 0 Å². The maximum atomic E-state index is 10.5. The minimum absolute atomic E-state index is 0.201. The third kappa shape index (κ3) is 4.02. The minimum atomic E-state index is -0.895. The van der Waals surface area contributed by atoms with Crippen LogP contribution in [0.3, 0.4) is 0 Å². The van der Waals surface area contributed by atoms with Crippen LogP contribution < -0.4 is 0 Å². The topological polar surface area (TPSA) is 37.0 Å². The highest BCUT2D eigenvalue weighted by atomic mass is 16.4. The molecule has 65 valence electrons. The van der Waals surface area contributed by atoms with Crippen molar-refractivity contribution in [1.29, 1.82) is 0 Å². The summed E-state index contributed by atoms with van der Waals surface area (Å²) < 4.78 is 0. The summed E-state index contributed by atoms with van der Waals surface area (Å²) in [5.41, 5.74) is 0. The second kappa shape index (κ2) is 5.16. The molecule has 0 rings (SSSR count). The lowest BCUT2D eigenvalue weighted by Crippen LogP contribution is -2.18. The summed E-state index contributed by atoms with van der Waals surface area (Å²) in [6.45, 7) is 5.92. The highest BCUT2D eigenvalue weighted by molar-refractivity contribution is 5.69. The second-order valence-electron chi connectivity index (χ2n) is 3.31. The molecule has 0 aliphatic carbocycles. The third-order valence-electron chi connectivity index (χ3n) is 1.98. The van der Waals surface area contributed by atoms with Crippen molar-refractivity contribution in [2.75, 3.05) is 0 Å². The van der Waals surface area contributed by atoms with Gasteiger partial charge in [-0.25, -0.2) is 9.90 Å². The molecule has 2 nitrogen and oxygen atoms in total. The summed E-state index contributed by atoms with van der Waals surface area (Å²) in [5.74, 6) is -0.949. The number of unbranched alkanes of at least 4 members (excludes halogenated alkanes) is 1. The van der Waals surface area contributed by atoms with E-state index in [4.69, 9.17) is 0 Å². The number of carbonyl (C=O) groups is 1. The summed E-state index contributed by atoms with van der Waals surface area (Å²) in [5, 5.41) is 10.5. The van der Waals surface area contributed by atoms with Gasteiger partial charge >= 0.3 is 5.97 Å². The second-order valence-corrected chi connectivity index (χ2v) is 3.31. The van der Waals surface area contributed by atoms with Crippen molar-refractivity contribution in [3.05, 3.63) is 0 Å². The van der Waals surface area contributed by atoms with Gasteiger partial charge in [0.25, 0.3) is 0 Å². The molecular weight excluding hydrogens is 140 g/mol. The van der Waals surface area contributed by atoms with Crippen LogP contribution in [0.1, 0.15) is 40.0 Å². The predicted octanol–water partition coefficient (Wildman–Crippen LogP) is 2.41. The molecule has 1 radical (unpaired) electrons. The van der Waals surface area contributed by atoms with Crippen molar-refractivity contribution in [3.8, 4) is 0 Å². The van der Waals surface area contributed by atoms with E-state index in [0.29, 0.717) is 0 Å². The van der Waals surface area contributed by atoms with Crippen LogP contribution >= 0.6 is 0 Å². The van der Waals surface area contributed by atoms with E-state index in [-0.39, 0.29) is 11.8 Å². The fourth-order valence-electron chi connectivity index (χ4n) is 1.15. The number of rotatable bonds is 5. The predicted molar refractivity (Wildman–Crippen MR) is 43.5 cm³/mol. The zero-order valence-corrected chi connectivity index (χ0v) is 7.59. The van der Waals surface area contributed by atoms with Crippen molar-refractivity contribution in [2.45, 2.75) is 40.0 Å². The van der Waals surface area contributed by atoms with E-state index in [1.54, 1.807) is 0 Å². The van der Waals surface area contributed by atoms with E-state index in [1.165, 1.54) is 0 Å².